The highest BCUT2D eigenvalue weighted by molar-refractivity contribution is 8.00. The molecule has 1 aromatic carbocycles. The van der Waals surface area contributed by atoms with Gasteiger partial charge >= 0.3 is 5.69 Å². The second-order valence-corrected chi connectivity index (χ2v) is 5.17. The summed E-state index contributed by atoms with van der Waals surface area (Å²) in [6.07, 6.45) is 0.592. The second kappa shape index (κ2) is 6.08. The van der Waals surface area contributed by atoms with E-state index in [1.165, 1.54) is 17.8 Å². The molecule has 1 N–H and O–H groups in total. The molecule has 0 heterocycles. The number of hydrogen-bond donors (Lipinski definition) is 1. The molecule has 1 rings (SSSR count). The summed E-state index contributed by atoms with van der Waals surface area (Å²) in [6, 6.07) is 4.85. The van der Waals surface area contributed by atoms with Crippen molar-refractivity contribution in [2.75, 3.05) is 6.61 Å². The first-order valence-electron chi connectivity index (χ1n) is 4.76. The zero-order chi connectivity index (χ0) is 12.1. The molecule has 1 unspecified atom stereocenters. The molecule has 4 nitrogen and oxygen atoms in total. The van der Waals surface area contributed by atoms with Crippen LogP contribution >= 0.6 is 23.4 Å². The van der Waals surface area contributed by atoms with Gasteiger partial charge in [-0.1, -0.05) is 24.6 Å². The average molecular weight is 262 g/mol. The molecule has 0 radical (unpaired) electrons. The van der Waals surface area contributed by atoms with Gasteiger partial charge in [-0.3, -0.25) is 10.1 Å². The molecule has 0 spiro atoms. The molecule has 88 valence electrons. The van der Waals surface area contributed by atoms with Gasteiger partial charge in [0.15, 0.2) is 0 Å². The Labute approximate surface area is 103 Å². The molecular formula is C10H12ClNO3S. The normalized spacial score (nSPS) is 12.4. The van der Waals surface area contributed by atoms with Crippen LogP contribution in [-0.2, 0) is 0 Å². The molecule has 0 aromatic heterocycles. The molecule has 0 aliphatic rings. The zero-order valence-corrected chi connectivity index (χ0v) is 10.3. The van der Waals surface area contributed by atoms with Crippen LogP contribution in [0.2, 0.25) is 5.02 Å². The number of para-hydroxylation sites is 1. The number of benzene rings is 1. The minimum absolute atomic E-state index is 0.0565. The van der Waals surface area contributed by atoms with E-state index in [1.807, 2.05) is 6.92 Å². The van der Waals surface area contributed by atoms with Crippen molar-refractivity contribution in [3.63, 3.8) is 0 Å². The standard InChI is InChI=1S/C10H12ClNO3S/c1-7(5-6-13)16-9-4-2-3-8(11)10(9)12(14)15/h2-4,7,13H,5-6H2,1H3. The van der Waals surface area contributed by atoms with Crippen LogP contribution in [0.3, 0.4) is 0 Å². The number of aliphatic hydroxyl groups is 1. The van der Waals surface area contributed by atoms with Crippen molar-refractivity contribution < 1.29 is 10.0 Å². The molecule has 16 heavy (non-hydrogen) atoms. The van der Waals surface area contributed by atoms with E-state index in [4.69, 9.17) is 16.7 Å². The summed E-state index contributed by atoms with van der Waals surface area (Å²) in [4.78, 5) is 10.9. The van der Waals surface area contributed by atoms with E-state index in [1.54, 1.807) is 12.1 Å². The van der Waals surface area contributed by atoms with Crippen LogP contribution in [0.25, 0.3) is 0 Å². The minimum atomic E-state index is -0.476. The quantitative estimate of drug-likeness (QED) is 0.503. The first-order valence-corrected chi connectivity index (χ1v) is 6.02. The second-order valence-electron chi connectivity index (χ2n) is 3.28. The Morgan fingerprint density at radius 1 is 1.62 bits per heavy atom. The Morgan fingerprint density at radius 3 is 2.88 bits per heavy atom. The SMILES string of the molecule is CC(CCO)Sc1cccc(Cl)c1[N+](=O)[O-]. The largest absolute Gasteiger partial charge is 0.396 e. The molecule has 0 aliphatic carbocycles. The lowest BCUT2D eigenvalue weighted by Gasteiger charge is -2.09. The number of nitrogens with zero attached hydrogens (tertiary/aromatic N) is 1. The summed E-state index contributed by atoms with van der Waals surface area (Å²) in [5, 5.41) is 19.9. The third-order valence-electron chi connectivity index (χ3n) is 2.00. The van der Waals surface area contributed by atoms with Crippen LogP contribution in [0.4, 0.5) is 5.69 Å². The number of nitro benzene ring substituents is 1. The molecule has 0 saturated carbocycles. The number of nitro groups is 1. The third-order valence-corrected chi connectivity index (χ3v) is 3.52. The molecule has 1 atom stereocenters. The Hall–Kier alpha value is -0.780. The molecule has 0 fully saturated rings. The summed E-state index contributed by atoms with van der Waals surface area (Å²) in [7, 11) is 0. The third kappa shape index (κ3) is 3.37. The van der Waals surface area contributed by atoms with E-state index in [-0.39, 0.29) is 22.6 Å². The molecular weight excluding hydrogens is 250 g/mol. The lowest BCUT2D eigenvalue weighted by Crippen LogP contribution is -2.00. The van der Waals surface area contributed by atoms with Gasteiger partial charge in [-0.25, -0.2) is 0 Å². The van der Waals surface area contributed by atoms with Crippen LogP contribution in [0.15, 0.2) is 23.1 Å². The van der Waals surface area contributed by atoms with Crippen molar-refractivity contribution in [1.82, 2.24) is 0 Å². The van der Waals surface area contributed by atoms with Crippen molar-refractivity contribution >= 4 is 29.1 Å². The first kappa shape index (κ1) is 13.3. The predicted molar refractivity (Wildman–Crippen MR) is 65.1 cm³/mol. The van der Waals surface area contributed by atoms with Crippen molar-refractivity contribution in [3.05, 3.63) is 33.3 Å². The highest BCUT2D eigenvalue weighted by atomic mass is 35.5. The fraction of sp³-hybridized carbons (Fsp3) is 0.400. The summed E-state index contributed by atoms with van der Waals surface area (Å²) in [5.74, 6) is 0. The Kier molecular flexibility index (Phi) is 5.05. The van der Waals surface area contributed by atoms with Gasteiger partial charge in [0, 0.05) is 11.9 Å². The van der Waals surface area contributed by atoms with E-state index < -0.39 is 4.92 Å². The molecule has 1 aromatic rings. The Bertz CT molecular complexity index is 386. The number of thioether (sulfide) groups is 1. The molecule has 6 heteroatoms. The molecule has 0 aliphatic heterocycles. The van der Waals surface area contributed by atoms with Crippen molar-refractivity contribution in [2.24, 2.45) is 0 Å². The molecule has 0 amide bonds. The molecule has 0 saturated heterocycles. The van der Waals surface area contributed by atoms with Gasteiger partial charge in [0.2, 0.25) is 0 Å². The van der Waals surface area contributed by atoms with E-state index in [2.05, 4.69) is 0 Å². The average Bonchev–Trinajstić information content (AvgIpc) is 2.17. The van der Waals surface area contributed by atoms with Gasteiger partial charge in [-0.15, -0.1) is 11.8 Å². The summed E-state index contributed by atoms with van der Waals surface area (Å²) in [6.45, 7) is 1.98. The zero-order valence-electron chi connectivity index (χ0n) is 8.72. The smallest absolute Gasteiger partial charge is 0.301 e. The fourth-order valence-electron chi connectivity index (χ4n) is 1.23. The lowest BCUT2D eigenvalue weighted by molar-refractivity contribution is -0.387. The van der Waals surface area contributed by atoms with Gasteiger partial charge in [-0.2, -0.15) is 0 Å². The van der Waals surface area contributed by atoms with Crippen LogP contribution < -0.4 is 0 Å². The van der Waals surface area contributed by atoms with Crippen molar-refractivity contribution in [1.29, 1.82) is 0 Å². The van der Waals surface area contributed by atoms with Crippen molar-refractivity contribution in [2.45, 2.75) is 23.5 Å². The summed E-state index contributed by atoms with van der Waals surface area (Å²) in [5.41, 5.74) is -0.0565. The maximum Gasteiger partial charge on any atom is 0.301 e. The number of halogens is 1. The van der Waals surface area contributed by atoms with E-state index in [9.17, 15) is 10.1 Å². The molecule has 0 bridgehead atoms. The van der Waals surface area contributed by atoms with E-state index in [0.29, 0.717) is 11.3 Å². The monoisotopic (exact) mass is 261 g/mol. The minimum Gasteiger partial charge on any atom is -0.396 e. The van der Waals surface area contributed by atoms with Gasteiger partial charge < -0.3 is 5.11 Å². The van der Waals surface area contributed by atoms with Gasteiger partial charge in [0.05, 0.1) is 9.82 Å². The summed E-state index contributed by atoms with van der Waals surface area (Å²) < 4.78 is 0. The van der Waals surface area contributed by atoms with Crippen LogP contribution in [0.5, 0.6) is 0 Å². The van der Waals surface area contributed by atoms with Crippen molar-refractivity contribution in [3.8, 4) is 0 Å². The van der Waals surface area contributed by atoms with Crippen LogP contribution in [0.1, 0.15) is 13.3 Å². The van der Waals surface area contributed by atoms with Crippen LogP contribution in [0, 0.1) is 10.1 Å². The number of hydrogen-bond acceptors (Lipinski definition) is 4. The number of rotatable bonds is 5. The Morgan fingerprint density at radius 2 is 2.31 bits per heavy atom. The maximum atomic E-state index is 10.8. The number of aliphatic hydroxyl groups excluding tert-OH is 1. The van der Waals surface area contributed by atoms with Gasteiger partial charge in [-0.05, 0) is 18.6 Å². The highest BCUT2D eigenvalue weighted by Gasteiger charge is 2.20. The Balaban J connectivity index is 2.95. The van der Waals surface area contributed by atoms with Gasteiger partial charge in [0.1, 0.15) is 5.02 Å². The summed E-state index contributed by atoms with van der Waals surface area (Å²) >= 11 is 7.13. The topological polar surface area (TPSA) is 63.4 Å². The maximum absolute atomic E-state index is 10.8. The van der Waals surface area contributed by atoms with Gasteiger partial charge in [0.25, 0.3) is 0 Å². The first-order chi connectivity index (χ1) is 7.56. The van der Waals surface area contributed by atoms with E-state index >= 15 is 0 Å². The highest BCUT2D eigenvalue weighted by Crippen LogP contribution is 2.37. The lowest BCUT2D eigenvalue weighted by atomic mass is 10.3. The van der Waals surface area contributed by atoms with E-state index in [0.717, 1.165) is 0 Å². The fourth-order valence-corrected chi connectivity index (χ4v) is 2.63. The van der Waals surface area contributed by atoms with Crippen LogP contribution in [-0.4, -0.2) is 21.9 Å². The predicted octanol–water partition coefficient (Wildman–Crippen LogP) is 3.11.